The molecule has 0 aromatic heterocycles. The van der Waals surface area contributed by atoms with Crippen molar-refractivity contribution in [2.75, 3.05) is 6.61 Å². The summed E-state index contributed by atoms with van der Waals surface area (Å²) in [4.78, 5) is 14.4. The van der Waals surface area contributed by atoms with Crippen molar-refractivity contribution in [3.05, 3.63) is 12.7 Å². The summed E-state index contributed by atoms with van der Waals surface area (Å²) in [5.74, 6) is 4.44. The van der Waals surface area contributed by atoms with Crippen LogP contribution in [0.5, 0.6) is 0 Å². The molecule has 0 aliphatic heterocycles. The third-order valence-corrected chi connectivity index (χ3v) is 10.7. The zero-order valence-corrected chi connectivity index (χ0v) is 23.1. The van der Waals surface area contributed by atoms with Gasteiger partial charge in [-0.3, -0.25) is 4.90 Å². The minimum atomic E-state index is -0.279. The van der Waals surface area contributed by atoms with Gasteiger partial charge in [-0.25, -0.2) is 4.79 Å². The van der Waals surface area contributed by atoms with Gasteiger partial charge in [0.2, 0.25) is 0 Å². The fourth-order valence-electron chi connectivity index (χ4n) is 8.40. The molecular formula is C32H55NO2. The Balaban J connectivity index is 1.22. The molecule has 3 nitrogen and oxygen atoms in total. The Labute approximate surface area is 216 Å². The van der Waals surface area contributed by atoms with Gasteiger partial charge in [-0.15, -0.1) is 0 Å². The monoisotopic (exact) mass is 485 g/mol. The number of nitrogens with zero attached hydrogens (tertiary/aromatic N) is 1. The highest BCUT2D eigenvalue weighted by molar-refractivity contribution is 5.81. The van der Waals surface area contributed by atoms with Crippen LogP contribution in [0, 0.1) is 29.6 Å². The van der Waals surface area contributed by atoms with E-state index in [1.165, 1.54) is 115 Å². The second kappa shape index (κ2) is 13.6. The largest absolute Gasteiger partial charge is 0.463 e. The van der Waals surface area contributed by atoms with E-state index in [1.54, 1.807) is 0 Å². The van der Waals surface area contributed by atoms with Crippen molar-refractivity contribution in [2.45, 2.75) is 148 Å². The molecule has 35 heavy (non-hydrogen) atoms. The quantitative estimate of drug-likeness (QED) is 0.187. The molecular weight excluding hydrogens is 430 g/mol. The molecule has 3 heteroatoms. The number of ether oxygens (including phenoxy) is 1. The maximum Gasteiger partial charge on any atom is 0.330 e. The van der Waals surface area contributed by atoms with Crippen LogP contribution >= 0.6 is 0 Å². The lowest BCUT2D eigenvalue weighted by Crippen LogP contribution is -2.52. The second-order valence-electron chi connectivity index (χ2n) is 13.1. The number of rotatable bonds is 9. The lowest BCUT2D eigenvalue weighted by molar-refractivity contribution is -0.137. The van der Waals surface area contributed by atoms with Gasteiger partial charge in [-0.2, -0.15) is 0 Å². The Morgan fingerprint density at radius 1 is 0.714 bits per heavy atom. The molecule has 0 heterocycles. The van der Waals surface area contributed by atoms with Crippen molar-refractivity contribution in [1.29, 1.82) is 0 Å². The molecule has 200 valence electrons. The van der Waals surface area contributed by atoms with Crippen LogP contribution in [0.3, 0.4) is 0 Å². The van der Waals surface area contributed by atoms with Gasteiger partial charge in [-0.1, -0.05) is 33.3 Å². The lowest BCUT2D eigenvalue weighted by Gasteiger charge is -2.50. The average molecular weight is 486 g/mol. The first kappa shape index (κ1) is 27.2. The zero-order chi connectivity index (χ0) is 24.6. The van der Waals surface area contributed by atoms with Crippen molar-refractivity contribution in [1.82, 2.24) is 4.90 Å². The van der Waals surface area contributed by atoms with E-state index >= 15 is 0 Å². The molecule has 0 bridgehead atoms. The van der Waals surface area contributed by atoms with Crippen LogP contribution < -0.4 is 0 Å². The Morgan fingerprint density at radius 2 is 1.14 bits per heavy atom. The number of carbonyl (C=O) groups is 1. The normalized spacial score (nSPS) is 38.7. The first-order valence-electron chi connectivity index (χ1n) is 15.6. The van der Waals surface area contributed by atoms with Crippen LogP contribution in [0.25, 0.3) is 0 Å². The van der Waals surface area contributed by atoms with Crippen molar-refractivity contribution >= 4 is 5.97 Å². The summed E-state index contributed by atoms with van der Waals surface area (Å²) in [7, 11) is 0. The summed E-state index contributed by atoms with van der Waals surface area (Å²) in [5.41, 5.74) is 0. The van der Waals surface area contributed by atoms with E-state index < -0.39 is 0 Å². The Hall–Kier alpha value is -0.830. The predicted octanol–water partition coefficient (Wildman–Crippen LogP) is 8.32. The van der Waals surface area contributed by atoms with E-state index in [0.717, 1.165) is 54.1 Å². The molecule has 4 rings (SSSR count). The van der Waals surface area contributed by atoms with Gasteiger partial charge in [0.15, 0.2) is 0 Å². The number of hydrogen-bond donors (Lipinski definition) is 0. The zero-order valence-electron chi connectivity index (χ0n) is 23.1. The summed E-state index contributed by atoms with van der Waals surface area (Å²) in [6, 6.07) is 2.64. The average Bonchev–Trinajstić information content (AvgIpc) is 2.89. The van der Waals surface area contributed by atoms with Gasteiger partial charge in [0, 0.05) is 24.2 Å². The Morgan fingerprint density at radius 3 is 1.60 bits per heavy atom. The van der Waals surface area contributed by atoms with Gasteiger partial charge < -0.3 is 4.74 Å². The third-order valence-electron chi connectivity index (χ3n) is 10.7. The van der Waals surface area contributed by atoms with Gasteiger partial charge in [0.1, 0.15) is 0 Å². The van der Waals surface area contributed by atoms with E-state index in [2.05, 4.69) is 25.3 Å². The summed E-state index contributed by atoms with van der Waals surface area (Å²) >= 11 is 0. The Bertz CT molecular complexity index is 608. The van der Waals surface area contributed by atoms with E-state index in [4.69, 9.17) is 4.74 Å². The van der Waals surface area contributed by atoms with Crippen molar-refractivity contribution in [3.8, 4) is 0 Å². The molecule has 4 saturated carbocycles. The molecule has 0 spiro atoms. The van der Waals surface area contributed by atoms with E-state index in [1.807, 2.05) is 0 Å². The minimum absolute atomic E-state index is 0.279. The number of carbonyl (C=O) groups excluding carboxylic acids is 1. The van der Waals surface area contributed by atoms with Crippen LogP contribution in [-0.2, 0) is 9.53 Å². The first-order chi connectivity index (χ1) is 17.0. The molecule has 4 aliphatic rings. The molecule has 0 amide bonds. The first-order valence-corrected chi connectivity index (χ1v) is 15.6. The van der Waals surface area contributed by atoms with Crippen molar-refractivity contribution in [3.63, 3.8) is 0 Å². The fraction of sp³-hybridized carbons (Fsp3) is 0.906. The standard InChI is InChI=1S/C32H55NO2/c1-4-32(34)35-23-5-6-26-11-13-27(14-12-26)28-15-21-31(22-16-28)33(29-17-7-24(2)8-18-29)30-19-9-25(3)10-20-30/h4,24-31H,1,5-23H2,2-3H3. The molecule has 0 aromatic rings. The van der Waals surface area contributed by atoms with Crippen LogP contribution in [-0.4, -0.2) is 35.6 Å². The van der Waals surface area contributed by atoms with Crippen LogP contribution in [0.15, 0.2) is 12.7 Å². The highest BCUT2D eigenvalue weighted by Gasteiger charge is 2.39. The van der Waals surface area contributed by atoms with Crippen LogP contribution in [0.2, 0.25) is 0 Å². The maximum absolute atomic E-state index is 11.2. The van der Waals surface area contributed by atoms with Gasteiger partial charge in [0.05, 0.1) is 6.61 Å². The molecule has 4 fully saturated rings. The minimum Gasteiger partial charge on any atom is -0.463 e. The SMILES string of the molecule is C=CC(=O)OCCCC1CCC(C2CCC(N(C3CCC(C)CC3)C3CCC(C)CC3)CC2)CC1. The molecule has 0 radical (unpaired) electrons. The molecule has 0 saturated heterocycles. The lowest BCUT2D eigenvalue weighted by atomic mass is 9.69. The highest BCUT2D eigenvalue weighted by atomic mass is 16.5. The summed E-state index contributed by atoms with van der Waals surface area (Å²) in [5, 5.41) is 0. The van der Waals surface area contributed by atoms with Crippen LogP contribution in [0.1, 0.15) is 129 Å². The summed E-state index contributed by atoms with van der Waals surface area (Å²) < 4.78 is 5.16. The van der Waals surface area contributed by atoms with Gasteiger partial charge in [0.25, 0.3) is 0 Å². The number of esters is 1. The molecule has 0 atom stereocenters. The third kappa shape index (κ3) is 7.83. The molecule has 0 N–H and O–H groups in total. The maximum atomic E-state index is 11.2. The Kier molecular flexibility index (Phi) is 10.6. The van der Waals surface area contributed by atoms with E-state index in [0.29, 0.717) is 6.61 Å². The number of hydrogen-bond acceptors (Lipinski definition) is 3. The molecule has 0 aromatic carbocycles. The second-order valence-corrected chi connectivity index (χ2v) is 13.1. The van der Waals surface area contributed by atoms with E-state index in [-0.39, 0.29) is 5.97 Å². The fourth-order valence-corrected chi connectivity index (χ4v) is 8.40. The predicted molar refractivity (Wildman–Crippen MR) is 146 cm³/mol. The summed E-state index contributed by atoms with van der Waals surface area (Å²) in [6.07, 6.45) is 26.8. The van der Waals surface area contributed by atoms with Crippen LogP contribution in [0.4, 0.5) is 0 Å². The molecule has 4 aliphatic carbocycles. The highest BCUT2D eigenvalue weighted by Crippen LogP contribution is 2.44. The van der Waals surface area contributed by atoms with Gasteiger partial charge >= 0.3 is 5.97 Å². The van der Waals surface area contributed by atoms with Gasteiger partial charge in [-0.05, 0) is 132 Å². The van der Waals surface area contributed by atoms with Crippen molar-refractivity contribution < 1.29 is 9.53 Å². The van der Waals surface area contributed by atoms with Crippen molar-refractivity contribution in [2.24, 2.45) is 29.6 Å². The molecule has 0 unspecified atom stereocenters. The smallest absolute Gasteiger partial charge is 0.330 e. The topological polar surface area (TPSA) is 29.5 Å². The summed E-state index contributed by atoms with van der Waals surface area (Å²) in [6.45, 7) is 8.98. The van der Waals surface area contributed by atoms with E-state index in [9.17, 15) is 4.79 Å².